The summed E-state index contributed by atoms with van der Waals surface area (Å²) in [7, 11) is -11.4. The van der Waals surface area contributed by atoms with Crippen LogP contribution >= 0.6 is 15.6 Å². The van der Waals surface area contributed by atoms with Crippen molar-refractivity contribution in [2.24, 2.45) is 0 Å². The van der Waals surface area contributed by atoms with Gasteiger partial charge in [0.1, 0.15) is 18.3 Å². The molecular weight excluding hydrogens is 686 g/mol. The van der Waals surface area contributed by atoms with Crippen molar-refractivity contribution < 1.29 is 62.3 Å². The highest BCUT2D eigenvalue weighted by atomic mass is 31.3. The lowest BCUT2D eigenvalue weighted by Crippen LogP contribution is -3.11. The highest BCUT2D eigenvalue weighted by Gasteiger charge is 2.45. The third kappa shape index (κ3) is 16.8. The molecule has 0 saturated carbocycles. The summed E-state index contributed by atoms with van der Waals surface area (Å²) in [6.45, 7) is 30.5. The topological polar surface area (TPSA) is 274 Å². The smallest absolute Gasteiger partial charge is 0.280 e. The maximum Gasteiger partial charge on any atom is 0.280 e. The summed E-state index contributed by atoms with van der Waals surface area (Å²) in [5.41, 5.74) is 4.56. The summed E-state index contributed by atoms with van der Waals surface area (Å²) >= 11 is 0. The van der Waals surface area contributed by atoms with Gasteiger partial charge in [-0.15, -0.1) is 0 Å². The SMILES string of the molecule is CC[NH+](CC)CC.CC[NH+](CC)CC.CC[NH+](CC)CC.Nc1nc2c(ncn2[C@@H]2O[C@H](COP(=O)([O-])OP(=O)([O-])[O-])[C@@H](O)[C@H]2O)c(=O)[nH]1. The van der Waals surface area contributed by atoms with Gasteiger partial charge in [0.25, 0.3) is 13.4 Å². The van der Waals surface area contributed by atoms with Crippen molar-refractivity contribution in [3.63, 3.8) is 0 Å². The van der Waals surface area contributed by atoms with Crippen LogP contribution in [0.3, 0.4) is 0 Å². The number of phosphoric ester groups is 1. The van der Waals surface area contributed by atoms with Crippen molar-refractivity contribution in [2.45, 2.75) is 86.9 Å². The van der Waals surface area contributed by atoms with E-state index in [2.05, 4.69) is 86.1 Å². The second-order valence-corrected chi connectivity index (χ2v) is 13.7. The number of nitrogens with zero attached hydrogens (tertiary/aromatic N) is 3. The first-order valence-corrected chi connectivity index (χ1v) is 19.8. The Balaban J connectivity index is 0.000000891. The van der Waals surface area contributed by atoms with E-state index >= 15 is 0 Å². The van der Waals surface area contributed by atoms with Gasteiger partial charge in [0.2, 0.25) is 5.95 Å². The number of hydrogen-bond acceptors (Lipinski definition) is 14. The summed E-state index contributed by atoms with van der Waals surface area (Å²) in [5, 5.41) is 20.2. The Hall–Kier alpha value is -1.83. The van der Waals surface area contributed by atoms with Gasteiger partial charge in [-0.2, -0.15) is 4.98 Å². The number of quaternary nitrogens is 3. The third-order valence-corrected chi connectivity index (χ3v) is 10.2. The van der Waals surface area contributed by atoms with Gasteiger partial charge in [-0.1, -0.05) is 0 Å². The highest BCUT2D eigenvalue weighted by molar-refractivity contribution is 7.58. The van der Waals surface area contributed by atoms with Crippen LogP contribution in [0.25, 0.3) is 11.2 Å². The minimum absolute atomic E-state index is 0.0875. The molecule has 49 heavy (non-hydrogen) atoms. The predicted octanol–water partition coefficient (Wildman–Crippen LogP) is -4.56. The molecule has 21 heteroatoms. The largest absolute Gasteiger partial charge is 0.790 e. The fourth-order valence-electron chi connectivity index (χ4n) is 4.79. The lowest BCUT2D eigenvalue weighted by atomic mass is 10.1. The molecule has 0 spiro atoms. The standard InChI is InChI=1S/C10H15N5O11P2.3C6H15N/c11-10-13-7-4(8(18)14-10)12-2-15(7)9-6(17)5(16)3(25-9)1-24-28(22,23)26-27(19,20)21;3*1-4-7(5-2)6-3/h2-3,5-6,9,16-17H,1H2,(H,22,23)(H2,19,20,21)(H3,11,13,14,18);3*4-6H2,1-3H3/t3-,5-,6-,9-;;;/m1.../s1. The van der Waals surface area contributed by atoms with Crippen LogP contribution < -0.4 is 40.7 Å². The van der Waals surface area contributed by atoms with Gasteiger partial charge in [-0.3, -0.25) is 23.2 Å². The molecule has 0 amide bonds. The highest BCUT2D eigenvalue weighted by Crippen LogP contribution is 2.50. The number of fused-ring (bicyclic) bond motifs is 1. The van der Waals surface area contributed by atoms with Gasteiger partial charge in [-0.25, -0.2) is 4.98 Å². The van der Waals surface area contributed by atoms with Crippen molar-refractivity contribution in [1.82, 2.24) is 19.5 Å². The van der Waals surface area contributed by atoms with Gasteiger partial charge in [-0.05, 0) is 62.3 Å². The molecule has 1 aliphatic rings. The van der Waals surface area contributed by atoms with Gasteiger partial charge in [0.15, 0.2) is 17.4 Å². The zero-order valence-electron chi connectivity index (χ0n) is 30.3. The second-order valence-electron chi connectivity index (χ2n) is 11.0. The van der Waals surface area contributed by atoms with E-state index in [4.69, 9.17) is 10.5 Å². The Labute approximate surface area is 289 Å². The average Bonchev–Trinajstić information content (AvgIpc) is 3.58. The summed E-state index contributed by atoms with van der Waals surface area (Å²) in [6.07, 6.45) is -5.14. The molecule has 3 rings (SSSR count). The van der Waals surface area contributed by atoms with Crippen LogP contribution in [0.4, 0.5) is 5.95 Å². The first kappa shape index (κ1) is 47.2. The molecule has 2 aromatic rings. The van der Waals surface area contributed by atoms with Gasteiger partial charge < -0.3 is 59.2 Å². The fraction of sp³-hybridized carbons (Fsp3) is 0.821. The van der Waals surface area contributed by atoms with E-state index in [0.29, 0.717) is 0 Å². The van der Waals surface area contributed by atoms with Gasteiger partial charge in [0.05, 0.1) is 79.7 Å². The number of imidazole rings is 1. The Morgan fingerprint density at radius 3 is 1.65 bits per heavy atom. The Kier molecular flexibility index (Phi) is 22.7. The van der Waals surface area contributed by atoms with Crippen LogP contribution in [0.2, 0.25) is 0 Å². The molecule has 0 bridgehead atoms. The molecule has 2 aromatic heterocycles. The molecule has 19 nitrogen and oxygen atoms in total. The van der Waals surface area contributed by atoms with E-state index in [0.717, 1.165) is 10.9 Å². The average molecular weight is 747 g/mol. The van der Waals surface area contributed by atoms with Crippen LogP contribution in [0.5, 0.6) is 0 Å². The minimum atomic E-state index is -5.88. The van der Waals surface area contributed by atoms with E-state index in [1.165, 1.54) is 58.9 Å². The molecule has 288 valence electrons. The molecule has 5 atom stereocenters. The van der Waals surface area contributed by atoms with Crippen molar-refractivity contribution in [3.8, 4) is 0 Å². The van der Waals surface area contributed by atoms with Crippen molar-refractivity contribution in [2.75, 3.05) is 71.2 Å². The van der Waals surface area contributed by atoms with Crippen LogP contribution in [0.15, 0.2) is 11.1 Å². The van der Waals surface area contributed by atoms with Gasteiger partial charge in [0, 0.05) is 0 Å². The lowest BCUT2D eigenvalue weighted by molar-refractivity contribution is -0.894. The van der Waals surface area contributed by atoms with E-state index in [1.807, 2.05) is 0 Å². The van der Waals surface area contributed by atoms with Crippen LogP contribution in [-0.2, 0) is 22.7 Å². The summed E-state index contributed by atoms with van der Waals surface area (Å²) < 4.78 is 35.5. The van der Waals surface area contributed by atoms with E-state index in [-0.39, 0.29) is 17.1 Å². The molecule has 1 fully saturated rings. The molecule has 1 unspecified atom stereocenters. The molecule has 0 aromatic carbocycles. The number of rotatable bonds is 15. The van der Waals surface area contributed by atoms with E-state index < -0.39 is 52.4 Å². The zero-order valence-corrected chi connectivity index (χ0v) is 32.1. The second kappa shape index (κ2) is 23.6. The molecule has 0 radical (unpaired) electrons. The minimum Gasteiger partial charge on any atom is -0.790 e. The lowest BCUT2D eigenvalue weighted by Gasteiger charge is -2.35. The number of aromatic nitrogens is 4. The Morgan fingerprint density at radius 2 is 1.29 bits per heavy atom. The normalized spacial score (nSPS) is 20.3. The number of anilines is 1. The molecule has 1 aliphatic heterocycles. The molecule has 8 N–H and O–H groups in total. The number of aliphatic hydroxyl groups excluding tert-OH is 2. The van der Waals surface area contributed by atoms with Crippen LogP contribution in [0.1, 0.15) is 68.5 Å². The maximum atomic E-state index is 11.8. The number of nitrogens with two attached hydrogens (primary N) is 1. The number of phosphoric acid groups is 2. The number of nitrogens with one attached hydrogen (secondary N) is 4. The summed E-state index contributed by atoms with van der Waals surface area (Å²) in [5.74, 6) is -0.253. The monoisotopic (exact) mass is 746 g/mol. The van der Waals surface area contributed by atoms with Crippen LogP contribution in [-0.4, -0.2) is 114 Å². The zero-order chi connectivity index (χ0) is 37.9. The molecule has 1 saturated heterocycles. The molecule has 3 heterocycles. The number of H-pyrrole nitrogens is 1. The fourth-order valence-corrected chi connectivity index (χ4v) is 6.28. The molecule has 0 aliphatic carbocycles. The first-order valence-electron chi connectivity index (χ1n) is 16.9. The summed E-state index contributed by atoms with van der Waals surface area (Å²) in [4.78, 5) is 58.7. The number of hydrogen-bond donors (Lipinski definition) is 7. The van der Waals surface area contributed by atoms with Crippen molar-refractivity contribution >= 4 is 32.8 Å². The maximum absolute atomic E-state index is 11.8. The van der Waals surface area contributed by atoms with E-state index in [1.54, 1.807) is 14.7 Å². The number of nitrogen functional groups attached to an aromatic ring is 1. The Morgan fingerprint density at radius 1 is 0.857 bits per heavy atom. The summed E-state index contributed by atoms with van der Waals surface area (Å²) in [6, 6.07) is 0. The number of aliphatic hydroxyl groups is 2. The Bertz CT molecular complexity index is 1290. The predicted molar refractivity (Wildman–Crippen MR) is 178 cm³/mol. The van der Waals surface area contributed by atoms with Gasteiger partial charge >= 0.3 is 0 Å². The van der Waals surface area contributed by atoms with E-state index in [9.17, 15) is 38.8 Å². The van der Waals surface area contributed by atoms with Crippen molar-refractivity contribution in [3.05, 3.63) is 16.7 Å². The van der Waals surface area contributed by atoms with Crippen LogP contribution in [0, 0.1) is 0 Å². The quantitative estimate of drug-likeness (QED) is 0.0847. The third-order valence-electron chi connectivity index (χ3n) is 8.16. The molecular formula is C28H60N8O11P2. The number of aromatic amines is 1. The first-order chi connectivity index (χ1) is 22.9. The number of ether oxygens (including phenoxy) is 1. The van der Waals surface area contributed by atoms with Crippen molar-refractivity contribution in [1.29, 1.82) is 0 Å².